The normalized spacial score (nSPS) is 12.3. The van der Waals surface area contributed by atoms with Crippen LogP contribution >= 0.6 is 23.2 Å². The predicted octanol–water partition coefficient (Wildman–Crippen LogP) is 4.98. The molecule has 0 radical (unpaired) electrons. The molecule has 0 fully saturated rings. The van der Waals surface area contributed by atoms with E-state index in [0.717, 1.165) is 0 Å². The van der Waals surface area contributed by atoms with E-state index >= 15 is 0 Å². The van der Waals surface area contributed by atoms with Gasteiger partial charge in [-0.05, 0) is 37.3 Å². The molecule has 2 aromatic rings. The lowest BCUT2D eigenvalue weighted by atomic mass is 10.1. The third kappa shape index (κ3) is 3.38. The molecule has 0 heterocycles. The Labute approximate surface area is 120 Å². The van der Waals surface area contributed by atoms with E-state index in [4.69, 9.17) is 27.9 Å². The molecule has 0 bridgehead atoms. The fraction of sp³-hybridized carbons (Fsp3) is 0.143. The Morgan fingerprint density at radius 2 is 1.84 bits per heavy atom. The number of aliphatic hydroxyl groups excluding tert-OH is 1. The molecule has 0 aliphatic heterocycles. The highest BCUT2D eigenvalue weighted by Gasteiger charge is 2.13. The molecular formula is C14H11Cl2FO2. The van der Waals surface area contributed by atoms with Gasteiger partial charge in [-0.2, -0.15) is 0 Å². The largest absolute Gasteiger partial charge is 0.455 e. The third-order valence-electron chi connectivity index (χ3n) is 2.54. The number of halogens is 3. The summed E-state index contributed by atoms with van der Waals surface area (Å²) >= 11 is 11.9. The Balaban J connectivity index is 2.40. The van der Waals surface area contributed by atoms with Gasteiger partial charge in [0.25, 0.3) is 0 Å². The number of rotatable bonds is 3. The number of ether oxygens (including phenoxy) is 1. The van der Waals surface area contributed by atoms with Gasteiger partial charge < -0.3 is 9.84 Å². The maximum absolute atomic E-state index is 13.2. The van der Waals surface area contributed by atoms with E-state index in [-0.39, 0.29) is 0 Å². The van der Waals surface area contributed by atoms with Gasteiger partial charge in [-0.3, -0.25) is 0 Å². The van der Waals surface area contributed by atoms with Gasteiger partial charge in [0.1, 0.15) is 17.3 Å². The Morgan fingerprint density at radius 3 is 2.53 bits per heavy atom. The van der Waals surface area contributed by atoms with Crippen molar-refractivity contribution in [2.24, 2.45) is 0 Å². The minimum atomic E-state index is -0.858. The van der Waals surface area contributed by atoms with Crippen LogP contribution in [0.15, 0.2) is 36.4 Å². The van der Waals surface area contributed by atoms with Crippen LogP contribution in [0.25, 0.3) is 0 Å². The van der Waals surface area contributed by atoms with Crippen molar-refractivity contribution >= 4 is 23.2 Å². The number of hydrogen-bond donors (Lipinski definition) is 1. The minimum Gasteiger partial charge on any atom is -0.455 e. The van der Waals surface area contributed by atoms with Gasteiger partial charge in [-0.15, -0.1) is 0 Å². The fourth-order valence-corrected chi connectivity index (χ4v) is 1.93. The minimum absolute atomic E-state index is 0.334. The smallest absolute Gasteiger partial charge is 0.147 e. The zero-order valence-electron chi connectivity index (χ0n) is 10.0. The van der Waals surface area contributed by atoms with E-state index in [1.807, 2.05) is 0 Å². The quantitative estimate of drug-likeness (QED) is 0.866. The van der Waals surface area contributed by atoms with Crippen LogP contribution in [0.3, 0.4) is 0 Å². The van der Waals surface area contributed by atoms with Crippen molar-refractivity contribution < 1.29 is 14.2 Å². The van der Waals surface area contributed by atoms with Gasteiger partial charge in [-0.25, -0.2) is 4.39 Å². The average Bonchev–Trinajstić information content (AvgIpc) is 2.35. The topological polar surface area (TPSA) is 29.5 Å². The first kappa shape index (κ1) is 14.1. The first-order valence-corrected chi connectivity index (χ1v) is 6.33. The molecule has 2 aromatic carbocycles. The molecule has 0 saturated heterocycles. The van der Waals surface area contributed by atoms with Crippen LogP contribution in [0.5, 0.6) is 11.5 Å². The van der Waals surface area contributed by atoms with Crippen LogP contribution in [0.2, 0.25) is 10.0 Å². The van der Waals surface area contributed by atoms with Crippen molar-refractivity contribution in [3.63, 3.8) is 0 Å². The predicted molar refractivity (Wildman–Crippen MR) is 73.6 cm³/mol. The first-order chi connectivity index (χ1) is 8.97. The monoisotopic (exact) mass is 300 g/mol. The van der Waals surface area contributed by atoms with Crippen LogP contribution in [-0.2, 0) is 0 Å². The van der Waals surface area contributed by atoms with Crippen molar-refractivity contribution in [1.82, 2.24) is 0 Å². The number of benzene rings is 2. The highest BCUT2D eigenvalue weighted by atomic mass is 35.5. The third-order valence-corrected chi connectivity index (χ3v) is 3.08. The van der Waals surface area contributed by atoms with Gasteiger partial charge in [-0.1, -0.05) is 23.2 Å². The van der Waals surface area contributed by atoms with Crippen molar-refractivity contribution in [2.45, 2.75) is 13.0 Å². The summed E-state index contributed by atoms with van der Waals surface area (Å²) in [6.45, 7) is 1.53. The standard InChI is InChI=1S/C14H11Cl2FO2/c1-8(18)11-7-10(17)3-5-13(11)19-14-6-9(15)2-4-12(14)16/h2-8,18H,1H3. The lowest BCUT2D eigenvalue weighted by molar-refractivity contribution is 0.195. The second-order valence-corrected chi connectivity index (χ2v) is 4.88. The molecule has 0 amide bonds. The fourth-order valence-electron chi connectivity index (χ4n) is 1.61. The average molecular weight is 301 g/mol. The van der Waals surface area contributed by atoms with Crippen molar-refractivity contribution in [2.75, 3.05) is 0 Å². The zero-order valence-corrected chi connectivity index (χ0v) is 11.5. The van der Waals surface area contributed by atoms with Crippen LogP contribution in [0, 0.1) is 5.82 Å². The summed E-state index contributed by atoms with van der Waals surface area (Å²) in [7, 11) is 0. The summed E-state index contributed by atoms with van der Waals surface area (Å²) < 4.78 is 18.8. The maximum atomic E-state index is 13.2. The molecule has 0 saturated carbocycles. The summed E-state index contributed by atoms with van der Waals surface area (Å²) in [4.78, 5) is 0. The van der Waals surface area contributed by atoms with Gasteiger partial charge in [0.05, 0.1) is 11.1 Å². The summed E-state index contributed by atoms with van der Waals surface area (Å²) in [5, 5.41) is 10.5. The SMILES string of the molecule is CC(O)c1cc(F)ccc1Oc1cc(Cl)ccc1Cl. The van der Waals surface area contributed by atoms with E-state index in [9.17, 15) is 9.50 Å². The Hall–Kier alpha value is -1.29. The van der Waals surface area contributed by atoms with Gasteiger partial charge in [0.15, 0.2) is 0 Å². The van der Waals surface area contributed by atoms with E-state index in [1.54, 1.807) is 18.2 Å². The molecule has 5 heteroatoms. The van der Waals surface area contributed by atoms with Crippen molar-refractivity contribution in [3.8, 4) is 11.5 Å². The van der Waals surface area contributed by atoms with Crippen LogP contribution < -0.4 is 4.74 Å². The molecule has 2 rings (SSSR count). The van der Waals surface area contributed by atoms with Crippen molar-refractivity contribution in [1.29, 1.82) is 0 Å². The highest BCUT2D eigenvalue weighted by Crippen LogP contribution is 2.35. The molecule has 1 N–H and O–H groups in total. The lowest BCUT2D eigenvalue weighted by Crippen LogP contribution is -1.97. The summed E-state index contributed by atoms with van der Waals surface area (Å²) in [6.07, 6.45) is -0.858. The molecule has 100 valence electrons. The molecule has 1 unspecified atom stereocenters. The van der Waals surface area contributed by atoms with E-state index in [0.29, 0.717) is 27.1 Å². The van der Waals surface area contributed by atoms with Crippen LogP contribution in [0.4, 0.5) is 4.39 Å². The summed E-state index contributed by atoms with van der Waals surface area (Å²) in [5.41, 5.74) is 0.344. The zero-order chi connectivity index (χ0) is 14.0. The van der Waals surface area contributed by atoms with Gasteiger partial charge in [0, 0.05) is 16.7 Å². The van der Waals surface area contributed by atoms with Gasteiger partial charge >= 0.3 is 0 Å². The number of aliphatic hydroxyl groups is 1. The molecule has 0 aliphatic rings. The second-order valence-electron chi connectivity index (χ2n) is 4.03. The van der Waals surface area contributed by atoms with E-state index in [2.05, 4.69) is 0 Å². The van der Waals surface area contributed by atoms with Crippen LogP contribution in [0.1, 0.15) is 18.6 Å². The summed E-state index contributed by atoms with van der Waals surface area (Å²) in [5.74, 6) is 0.240. The van der Waals surface area contributed by atoms with Crippen LogP contribution in [-0.4, -0.2) is 5.11 Å². The lowest BCUT2D eigenvalue weighted by Gasteiger charge is -2.14. The van der Waals surface area contributed by atoms with E-state index in [1.165, 1.54) is 25.1 Å². The Kier molecular flexibility index (Phi) is 4.30. The van der Waals surface area contributed by atoms with Gasteiger partial charge in [0.2, 0.25) is 0 Å². The molecule has 2 nitrogen and oxygen atoms in total. The maximum Gasteiger partial charge on any atom is 0.147 e. The number of hydrogen-bond acceptors (Lipinski definition) is 2. The molecule has 19 heavy (non-hydrogen) atoms. The molecule has 1 atom stereocenters. The highest BCUT2D eigenvalue weighted by molar-refractivity contribution is 6.34. The first-order valence-electron chi connectivity index (χ1n) is 5.58. The van der Waals surface area contributed by atoms with Crippen molar-refractivity contribution in [3.05, 3.63) is 57.8 Å². The Bertz CT molecular complexity index is 600. The molecule has 0 aliphatic carbocycles. The van der Waals surface area contributed by atoms with E-state index < -0.39 is 11.9 Å². The molecular weight excluding hydrogens is 290 g/mol. The summed E-state index contributed by atoms with van der Waals surface area (Å²) in [6, 6.07) is 8.70. The second kappa shape index (κ2) is 5.78. The molecule has 0 aromatic heterocycles. The Morgan fingerprint density at radius 1 is 1.11 bits per heavy atom. The molecule has 0 spiro atoms.